The molecule has 4 heteroatoms. The van der Waals surface area contributed by atoms with E-state index in [9.17, 15) is 0 Å². The zero-order valence-corrected chi connectivity index (χ0v) is 14.3. The first kappa shape index (κ1) is 14.8. The van der Waals surface area contributed by atoms with Crippen molar-refractivity contribution in [3.8, 4) is 0 Å². The van der Waals surface area contributed by atoms with Crippen LogP contribution < -0.4 is 0 Å². The largest absolute Gasteiger partial charge is 0.293 e. The van der Waals surface area contributed by atoms with Gasteiger partial charge < -0.3 is 0 Å². The number of aromatic nitrogens is 2. The van der Waals surface area contributed by atoms with Crippen LogP contribution in [-0.2, 0) is 25.9 Å². The molecular formula is C19H21N3S. The van der Waals surface area contributed by atoms with Crippen LogP contribution in [0.4, 0.5) is 0 Å². The van der Waals surface area contributed by atoms with Crippen LogP contribution in [0.2, 0.25) is 0 Å². The van der Waals surface area contributed by atoms with Gasteiger partial charge in [-0.2, -0.15) is 0 Å². The third-order valence-corrected chi connectivity index (χ3v) is 5.49. The molecule has 118 valence electrons. The van der Waals surface area contributed by atoms with Crippen LogP contribution in [0.3, 0.4) is 0 Å². The Morgan fingerprint density at radius 2 is 2.17 bits per heavy atom. The monoisotopic (exact) mass is 323 g/mol. The Labute approximate surface area is 141 Å². The van der Waals surface area contributed by atoms with Crippen LogP contribution in [0.5, 0.6) is 0 Å². The maximum absolute atomic E-state index is 4.74. The van der Waals surface area contributed by atoms with E-state index in [-0.39, 0.29) is 0 Å². The van der Waals surface area contributed by atoms with Gasteiger partial charge in [0, 0.05) is 59.5 Å². The molecule has 0 amide bonds. The predicted octanol–water partition coefficient (Wildman–Crippen LogP) is 4.20. The van der Waals surface area contributed by atoms with Gasteiger partial charge in [-0.25, -0.2) is 9.97 Å². The molecule has 4 rings (SSSR count). The zero-order chi connectivity index (χ0) is 15.6. The molecule has 0 saturated carbocycles. The smallest absolute Gasteiger partial charge is 0.128 e. The van der Waals surface area contributed by atoms with E-state index in [0.717, 1.165) is 44.7 Å². The lowest BCUT2D eigenvalue weighted by atomic mass is 10.1. The van der Waals surface area contributed by atoms with E-state index >= 15 is 0 Å². The van der Waals surface area contributed by atoms with E-state index in [4.69, 9.17) is 4.98 Å². The first-order valence-corrected chi connectivity index (χ1v) is 9.17. The average Bonchev–Trinajstić information content (AvgIpc) is 2.97. The van der Waals surface area contributed by atoms with Crippen molar-refractivity contribution in [1.29, 1.82) is 0 Å². The van der Waals surface area contributed by atoms with Crippen molar-refractivity contribution in [3.63, 3.8) is 0 Å². The van der Waals surface area contributed by atoms with Crippen LogP contribution in [-0.4, -0.2) is 21.4 Å². The summed E-state index contributed by atoms with van der Waals surface area (Å²) in [5, 5.41) is 1.36. The molecule has 0 fully saturated rings. The fraction of sp³-hybridized carbons (Fsp3) is 0.368. The summed E-state index contributed by atoms with van der Waals surface area (Å²) >= 11 is 1.91. The minimum absolute atomic E-state index is 0.968. The second kappa shape index (κ2) is 6.38. The van der Waals surface area contributed by atoms with Crippen LogP contribution in [0.25, 0.3) is 10.1 Å². The highest BCUT2D eigenvalue weighted by Crippen LogP contribution is 2.27. The highest BCUT2D eigenvalue weighted by atomic mass is 32.1. The number of rotatable bonds is 4. The van der Waals surface area contributed by atoms with E-state index in [1.165, 1.54) is 26.2 Å². The van der Waals surface area contributed by atoms with Gasteiger partial charge in [0.2, 0.25) is 0 Å². The third-order valence-electron chi connectivity index (χ3n) is 4.39. The molecule has 0 unspecified atom stereocenters. The number of hydrogen-bond donors (Lipinski definition) is 0. The molecule has 1 aliphatic heterocycles. The van der Waals surface area contributed by atoms with Gasteiger partial charge in [0.05, 0.1) is 0 Å². The summed E-state index contributed by atoms with van der Waals surface area (Å²) in [6.45, 7) is 5.25. The van der Waals surface area contributed by atoms with Crippen molar-refractivity contribution in [2.24, 2.45) is 0 Å². The van der Waals surface area contributed by atoms with Crippen molar-refractivity contribution in [2.75, 3.05) is 6.54 Å². The van der Waals surface area contributed by atoms with Gasteiger partial charge in [-0.05, 0) is 23.9 Å². The van der Waals surface area contributed by atoms with E-state index in [0.29, 0.717) is 0 Å². The molecule has 3 aromatic rings. The molecular weight excluding hydrogens is 302 g/mol. The van der Waals surface area contributed by atoms with Gasteiger partial charge in [0.1, 0.15) is 5.82 Å². The summed E-state index contributed by atoms with van der Waals surface area (Å²) in [7, 11) is 0. The molecule has 3 nitrogen and oxygen atoms in total. The first-order valence-electron chi connectivity index (χ1n) is 8.35. The van der Waals surface area contributed by atoms with Gasteiger partial charge >= 0.3 is 0 Å². The quantitative estimate of drug-likeness (QED) is 0.720. The van der Waals surface area contributed by atoms with Crippen molar-refractivity contribution in [3.05, 3.63) is 58.5 Å². The Bertz CT molecular complexity index is 791. The van der Waals surface area contributed by atoms with Gasteiger partial charge in [-0.1, -0.05) is 25.1 Å². The van der Waals surface area contributed by atoms with Crippen LogP contribution in [0.15, 0.2) is 36.5 Å². The fourth-order valence-corrected chi connectivity index (χ4v) is 4.34. The fourth-order valence-electron chi connectivity index (χ4n) is 3.23. The number of nitrogens with zero attached hydrogens (tertiary/aromatic N) is 3. The van der Waals surface area contributed by atoms with E-state index in [1.54, 1.807) is 0 Å². The molecule has 1 aromatic carbocycles. The summed E-state index contributed by atoms with van der Waals surface area (Å²) in [5.74, 6) is 1.00. The molecule has 0 atom stereocenters. The topological polar surface area (TPSA) is 29.0 Å². The molecule has 0 N–H and O–H groups in total. The number of hydrogen-bond acceptors (Lipinski definition) is 4. The summed E-state index contributed by atoms with van der Waals surface area (Å²) in [4.78, 5) is 13.2. The summed E-state index contributed by atoms with van der Waals surface area (Å²) < 4.78 is 1.38. The van der Waals surface area contributed by atoms with Gasteiger partial charge in [-0.15, -0.1) is 11.3 Å². The number of benzene rings is 1. The molecule has 23 heavy (non-hydrogen) atoms. The third kappa shape index (κ3) is 3.14. The van der Waals surface area contributed by atoms with E-state index in [2.05, 4.69) is 47.1 Å². The molecule has 2 aromatic heterocycles. The van der Waals surface area contributed by atoms with E-state index in [1.807, 2.05) is 17.5 Å². The zero-order valence-electron chi connectivity index (χ0n) is 13.5. The second-order valence-electron chi connectivity index (χ2n) is 6.22. The SMILES string of the molecule is CCCc1ncc2c(n1)CCN(Cc1cc3ccccc3s1)C2. The average molecular weight is 323 g/mol. The normalized spacial score (nSPS) is 15.0. The Kier molecular flexibility index (Phi) is 4.10. The standard InChI is InChI=1S/C19H21N3S/c1-2-5-19-20-11-15-12-22(9-8-17(15)21-19)13-16-10-14-6-3-4-7-18(14)23-16/h3-4,6-7,10-11H,2,5,8-9,12-13H2,1H3. The van der Waals surface area contributed by atoms with Gasteiger partial charge in [-0.3, -0.25) is 4.90 Å². The first-order chi connectivity index (χ1) is 11.3. The van der Waals surface area contributed by atoms with Crippen LogP contribution in [0.1, 0.15) is 35.3 Å². The maximum atomic E-state index is 4.74. The summed E-state index contributed by atoms with van der Waals surface area (Å²) in [6.07, 6.45) is 5.18. The highest BCUT2D eigenvalue weighted by molar-refractivity contribution is 7.19. The Morgan fingerprint density at radius 3 is 3.04 bits per heavy atom. The van der Waals surface area contributed by atoms with Crippen molar-refractivity contribution < 1.29 is 0 Å². The van der Waals surface area contributed by atoms with Crippen molar-refractivity contribution in [2.45, 2.75) is 39.3 Å². The highest BCUT2D eigenvalue weighted by Gasteiger charge is 2.19. The lowest BCUT2D eigenvalue weighted by Crippen LogP contribution is -2.30. The van der Waals surface area contributed by atoms with Crippen molar-refractivity contribution >= 4 is 21.4 Å². The number of aryl methyl sites for hydroxylation is 1. The lowest BCUT2D eigenvalue weighted by Gasteiger charge is -2.27. The molecule has 0 saturated heterocycles. The molecule has 3 heterocycles. The minimum atomic E-state index is 0.968. The Morgan fingerprint density at radius 1 is 1.26 bits per heavy atom. The van der Waals surface area contributed by atoms with E-state index < -0.39 is 0 Å². The molecule has 0 radical (unpaired) electrons. The number of thiophene rings is 1. The molecule has 0 aliphatic carbocycles. The molecule has 1 aliphatic rings. The summed E-state index contributed by atoms with van der Waals surface area (Å²) in [5.41, 5.74) is 2.56. The van der Waals surface area contributed by atoms with Crippen LogP contribution >= 0.6 is 11.3 Å². The minimum Gasteiger partial charge on any atom is -0.293 e. The second-order valence-corrected chi connectivity index (χ2v) is 7.39. The lowest BCUT2D eigenvalue weighted by molar-refractivity contribution is 0.244. The Balaban J connectivity index is 1.49. The molecule has 0 spiro atoms. The molecule has 0 bridgehead atoms. The Hall–Kier alpha value is -1.78. The maximum Gasteiger partial charge on any atom is 0.128 e. The summed E-state index contributed by atoms with van der Waals surface area (Å²) in [6, 6.07) is 11.0. The van der Waals surface area contributed by atoms with Gasteiger partial charge in [0.25, 0.3) is 0 Å². The van der Waals surface area contributed by atoms with Crippen LogP contribution in [0, 0.1) is 0 Å². The van der Waals surface area contributed by atoms with Crippen molar-refractivity contribution in [1.82, 2.24) is 14.9 Å². The predicted molar refractivity (Wildman–Crippen MR) is 95.7 cm³/mol. The number of fused-ring (bicyclic) bond motifs is 2. The van der Waals surface area contributed by atoms with Gasteiger partial charge in [0.15, 0.2) is 0 Å².